The molecule has 140 valence electrons. The van der Waals surface area contributed by atoms with Crippen LogP contribution >= 0.6 is 0 Å². The second-order valence-electron chi connectivity index (χ2n) is 7.99. The summed E-state index contributed by atoms with van der Waals surface area (Å²) in [5.74, 6) is 0.616. The summed E-state index contributed by atoms with van der Waals surface area (Å²) < 4.78 is 0. The van der Waals surface area contributed by atoms with E-state index >= 15 is 0 Å². The summed E-state index contributed by atoms with van der Waals surface area (Å²) in [5.41, 5.74) is 3.58. The van der Waals surface area contributed by atoms with Crippen LogP contribution in [0.5, 0.6) is 0 Å². The number of nitrogens with one attached hydrogen (secondary N) is 2. The summed E-state index contributed by atoms with van der Waals surface area (Å²) in [7, 11) is 0. The van der Waals surface area contributed by atoms with Gasteiger partial charge in [-0.25, -0.2) is 0 Å². The molecule has 0 spiro atoms. The molecule has 2 amide bonds. The maximum absolute atomic E-state index is 12.9. The van der Waals surface area contributed by atoms with Gasteiger partial charge in [0.15, 0.2) is 0 Å². The molecule has 0 saturated carbocycles. The molecule has 5 heteroatoms. The Bertz CT molecular complexity index is 682. The third-order valence-electron chi connectivity index (χ3n) is 6.09. The SMILES string of the molecule is O=C(NCC1CCCN(C(=O)c2ccc3c(c2)CCC3)C1)C1CCCN1. The Balaban J connectivity index is 1.32. The Labute approximate surface area is 155 Å². The van der Waals surface area contributed by atoms with Crippen molar-refractivity contribution in [2.24, 2.45) is 5.92 Å². The summed E-state index contributed by atoms with van der Waals surface area (Å²) in [4.78, 5) is 27.1. The second kappa shape index (κ2) is 7.78. The second-order valence-corrected chi connectivity index (χ2v) is 7.99. The third-order valence-corrected chi connectivity index (χ3v) is 6.09. The van der Waals surface area contributed by atoms with Gasteiger partial charge in [0.05, 0.1) is 6.04 Å². The number of nitrogens with zero attached hydrogens (tertiary/aromatic N) is 1. The molecule has 5 nitrogen and oxygen atoms in total. The molecule has 2 saturated heterocycles. The van der Waals surface area contributed by atoms with Crippen molar-refractivity contribution in [1.29, 1.82) is 0 Å². The predicted octanol–water partition coefficient (Wildman–Crippen LogP) is 1.90. The lowest BCUT2D eigenvalue weighted by atomic mass is 9.96. The fourth-order valence-electron chi connectivity index (χ4n) is 4.58. The van der Waals surface area contributed by atoms with Crippen LogP contribution in [0.2, 0.25) is 0 Å². The number of fused-ring (bicyclic) bond motifs is 1. The highest BCUT2D eigenvalue weighted by Gasteiger charge is 2.27. The Morgan fingerprint density at radius 1 is 1.12 bits per heavy atom. The largest absolute Gasteiger partial charge is 0.354 e. The summed E-state index contributed by atoms with van der Waals surface area (Å²) in [5, 5.41) is 6.32. The number of hydrogen-bond donors (Lipinski definition) is 2. The molecule has 1 aliphatic carbocycles. The maximum Gasteiger partial charge on any atom is 0.253 e. The lowest BCUT2D eigenvalue weighted by Crippen LogP contribution is -2.46. The molecule has 26 heavy (non-hydrogen) atoms. The molecule has 2 atom stereocenters. The molecule has 4 rings (SSSR count). The minimum atomic E-state index is -0.0252. The molecule has 2 unspecified atom stereocenters. The van der Waals surface area contributed by atoms with Crippen LogP contribution in [0.15, 0.2) is 18.2 Å². The van der Waals surface area contributed by atoms with Crippen molar-refractivity contribution >= 4 is 11.8 Å². The molecule has 0 aromatic heterocycles. The maximum atomic E-state index is 12.9. The molecule has 2 aliphatic heterocycles. The van der Waals surface area contributed by atoms with E-state index in [1.807, 2.05) is 11.0 Å². The van der Waals surface area contributed by atoms with Gasteiger partial charge in [0.25, 0.3) is 5.91 Å². The Kier molecular flexibility index (Phi) is 5.25. The quantitative estimate of drug-likeness (QED) is 0.867. The van der Waals surface area contributed by atoms with Crippen LogP contribution in [0.1, 0.15) is 53.6 Å². The zero-order valence-electron chi connectivity index (χ0n) is 15.4. The number of likely N-dealkylation sites (tertiary alicyclic amines) is 1. The number of rotatable bonds is 4. The standard InChI is InChI=1S/C21H29N3O2/c25-20(19-7-2-10-22-19)23-13-15-4-3-11-24(14-15)21(26)18-9-8-16-5-1-6-17(16)12-18/h8-9,12,15,19,22H,1-7,10-11,13-14H2,(H,23,25). The summed E-state index contributed by atoms with van der Waals surface area (Å²) in [6, 6.07) is 6.19. The van der Waals surface area contributed by atoms with Crippen molar-refractivity contribution in [2.75, 3.05) is 26.2 Å². The van der Waals surface area contributed by atoms with Crippen LogP contribution in [0, 0.1) is 5.92 Å². The van der Waals surface area contributed by atoms with Gasteiger partial charge in [-0.15, -0.1) is 0 Å². The fourth-order valence-corrected chi connectivity index (χ4v) is 4.58. The van der Waals surface area contributed by atoms with E-state index in [9.17, 15) is 9.59 Å². The van der Waals surface area contributed by atoms with Gasteiger partial charge < -0.3 is 15.5 Å². The topological polar surface area (TPSA) is 61.4 Å². The molecule has 3 aliphatic rings. The van der Waals surface area contributed by atoms with Crippen molar-refractivity contribution in [3.63, 3.8) is 0 Å². The van der Waals surface area contributed by atoms with Gasteiger partial charge in [0.2, 0.25) is 5.91 Å². The molecule has 1 aromatic carbocycles. The highest BCUT2D eigenvalue weighted by atomic mass is 16.2. The van der Waals surface area contributed by atoms with E-state index in [-0.39, 0.29) is 17.9 Å². The van der Waals surface area contributed by atoms with E-state index in [0.717, 1.165) is 63.7 Å². The van der Waals surface area contributed by atoms with Crippen molar-refractivity contribution < 1.29 is 9.59 Å². The number of aryl methyl sites for hydroxylation is 2. The Morgan fingerprint density at radius 3 is 2.85 bits per heavy atom. The number of piperidine rings is 1. The van der Waals surface area contributed by atoms with Crippen LogP contribution in [0.4, 0.5) is 0 Å². The average molecular weight is 355 g/mol. The van der Waals surface area contributed by atoms with Crippen molar-refractivity contribution in [1.82, 2.24) is 15.5 Å². The minimum absolute atomic E-state index is 0.0252. The van der Waals surface area contributed by atoms with Crippen molar-refractivity contribution in [2.45, 2.75) is 51.0 Å². The lowest BCUT2D eigenvalue weighted by molar-refractivity contribution is -0.123. The van der Waals surface area contributed by atoms with E-state index in [0.29, 0.717) is 12.5 Å². The Hall–Kier alpha value is -1.88. The molecule has 0 radical (unpaired) electrons. The van der Waals surface area contributed by atoms with Gasteiger partial charge in [0.1, 0.15) is 0 Å². The molecule has 2 fully saturated rings. The van der Waals surface area contributed by atoms with E-state index in [1.165, 1.54) is 17.5 Å². The van der Waals surface area contributed by atoms with Gasteiger partial charge >= 0.3 is 0 Å². The van der Waals surface area contributed by atoms with Crippen LogP contribution in [-0.4, -0.2) is 48.9 Å². The first-order chi connectivity index (χ1) is 12.7. The number of amides is 2. The zero-order valence-corrected chi connectivity index (χ0v) is 15.4. The van der Waals surface area contributed by atoms with Gasteiger partial charge in [-0.3, -0.25) is 9.59 Å². The first kappa shape index (κ1) is 17.5. The first-order valence-electron chi connectivity index (χ1n) is 10.1. The molecule has 2 heterocycles. The molecule has 0 bridgehead atoms. The van der Waals surface area contributed by atoms with E-state index in [1.54, 1.807) is 0 Å². The van der Waals surface area contributed by atoms with E-state index < -0.39 is 0 Å². The van der Waals surface area contributed by atoms with Crippen LogP contribution in [0.3, 0.4) is 0 Å². The predicted molar refractivity (Wildman–Crippen MR) is 101 cm³/mol. The van der Waals surface area contributed by atoms with E-state index in [4.69, 9.17) is 0 Å². The number of benzene rings is 1. The summed E-state index contributed by atoms with van der Waals surface area (Å²) in [6.45, 7) is 3.17. The monoisotopic (exact) mass is 355 g/mol. The number of carbonyl (C=O) groups is 2. The molecular weight excluding hydrogens is 326 g/mol. The van der Waals surface area contributed by atoms with E-state index in [2.05, 4.69) is 22.8 Å². The average Bonchev–Trinajstić information content (AvgIpc) is 3.36. The highest BCUT2D eigenvalue weighted by molar-refractivity contribution is 5.94. The minimum Gasteiger partial charge on any atom is -0.354 e. The van der Waals surface area contributed by atoms with Gasteiger partial charge in [-0.1, -0.05) is 6.07 Å². The van der Waals surface area contributed by atoms with Crippen LogP contribution in [-0.2, 0) is 17.6 Å². The van der Waals surface area contributed by atoms with Crippen molar-refractivity contribution in [3.8, 4) is 0 Å². The Morgan fingerprint density at radius 2 is 2.00 bits per heavy atom. The summed E-state index contributed by atoms with van der Waals surface area (Å²) >= 11 is 0. The third kappa shape index (κ3) is 3.78. The van der Waals surface area contributed by atoms with Crippen LogP contribution in [0.25, 0.3) is 0 Å². The van der Waals surface area contributed by atoms with Gasteiger partial charge in [0, 0.05) is 25.2 Å². The molecule has 1 aromatic rings. The smallest absolute Gasteiger partial charge is 0.253 e. The normalized spacial score (nSPS) is 25.2. The van der Waals surface area contributed by atoms with Gasteiger partial charge in [-0.2, -0.15) is 0 Å². The molecule has 2 N–H and O–H groups in total. The van der Waals surface area contributed by atoms with Gasteiger partial charge in [-0.05, 0) is 80.7 Å². The zero-order chi connectivity index (χ0) is 17.9. The van der Waals surface area contributed by atoms with Crippen LogP contribution < -0.4 is 10.6 Å². The number of carbonyl (C=O) groups excluding carboxylic acids is 2. The number of hydrogen-bond acceptors (Lipinski definition) is 3. The molecular formula is C21H29N3O2. The summed E-state index contributed by atoms with van der Waals surface area (Å²) in [6.07, 6.45) is 7.54. The lowest BCUT2D eigenvalue weighted by Gasteiger charge is -2.33. The fraction of sp³-hybridized carbons (Fsp3) is 0.619. The van der Waals surface area contributed by atoms with Crippen molar-refractivity contribution in [3.05, 3.63) is 34.9 Å². The first-order valence-corrected chi connectivity index (χ1v) is 10.1. The highest BCUT2D eigenvalue weighted by Crippen LogP contribution is 2.24.